The number of aliphatic imine (C=N–C) groups is 1. The van der Waals surface area contributed by atoms with Crippen molar-refractivity contribution in [2.24, 2.45) is 4.99 Å². The van der Waals surface area contributed by atoms with E-state index in [1.807, 2.05) is 0 Å². The van der Waals surface area contributed by atoms with Gasteiger partial charge in [0.2, 0.25) is 6.10 Å². The molecule has 0 saturated carbocycles. The lowest BCUT2D eigenvalue weighted by Crippen LogP contribution is -2.22. The van der Waals surface area contributed by atoms with E-state index >= 15 is 0 Å². The summed E-state index contributed by atoms with van der Waals surface area (Å²) in [7, 11) is 4.43. The molecule has 0 radical (unpaired) electrons. The Bertz CT molecular complexity index is 867. The topological polar surface area (TPSA) is 92.7 Å². The molecule has 0 aliphatic carbocycles. The van der Waals surface area contributed by atoms with E-state index in [1.165, 1.54) is 13.3 Å². The van der Waals surface area contributed by atoms with Crippen molar-refractivity contribution in [2.75, 3.05) is 41.1 Å². The molecule has 0 aliphatic rings. The lowest BCUT2D eigenvalue weighted by molar-refractivity contribution is -0.165. The smallest absolute Gasteiger partial charge is 0.351 e. The quantitative estimate of drug-likeness (QED) is 0.291. The van der Waals surface area contributed by atoms with Crippen LogP contribution in [0.25, 0.3) is 0 Å². The van der Waals surface area contributed by atoms with Crippen molar-refractivity contribution in [2.45, 2.75) is 12.5 Å². The summed E-state index contributed by atoms with van der Waals surface area (Å²) in [6.45, 7) is 0.822. The van der Waals surface area contributed by atoms with Gasteiger partial charge in [-0.3, -0.25) is 9.79 Å². The molecular weight excluding hydrogens is 402 g/mol. The van der Waals surface area contributed by atoms with Crippen LogP contribution in [0.3, 0.4) is 0 Å². The van der Waals surface area contributed by atoms with Gasteiger partial charge in [-0.2, -0.15) is 0 Å². The van der Waals surface area contributed by atoms with Crippen molar-refractivity contribution in [1.82, 2.24) is 0 Å². The van der Waals surface area contributed by atoms with E-state index in [4.69, 9.17) is 23.7 Å². The van der Waals surface area contributed by atoms with E-state index in [-0.39, 0.29) is 6.54 Å². The zero-order valence-electron chi connectivity index (χ0n) is 17.9. The number of methoxy groups -OCH3 is 3. The van der Waals surface area contributed by atoms with Crippen molar-refractivity contribution in [1.29, 1.82) is 0 Å². The van der Waals surface area contributed by atoms with Crippen LogP contribution < -0.4 is 9.47 Å². The van der Waals surface area contributed by atoms with Crippen molar-refractivity contribution in [3.8, 4) is 11.5 Å². The second-order valence-electron chi connectivity index (χ2n) is 6.38. The molecule has 8 nitrogen and oxygen atoms in total. The first-order chi connectivity index (χ1) is 15.1. The number of carbonyl (C=O) groups excluding carboxylic acids is 2. The molecule has 2 aromatic rings. The minimum atomic E-state index is -1.14. The molecular formula is C23H27NO7. The first-order valence-corrected chi connectivity index (χ1v) is 9.71. The van der Waals surface area contributed by atoms with Crippen LogP contribution in [-0.4, -0.2) is 59.2 Å². The first-order valence-electron chi connectivity index (χ1n) is 9.71. The Morgan fingerprint density at radius 2 is 1.77 bits per heavy atom. The number of ether oxygens (including phenoxy) is 5. The molecule has 0 heterocycles. The monoisotopic (exact) mass is 429 g/mol. The Morgan fingerprint density at radius 1 is 1.00 bits per heavy atom. The highest BCUT2D eigenvalue weighted by Crippen LogP contribution is 2.27. The maximum Gasteiger partial charge on any atom is 0.351 e. The summed E-state index contributed by atoms with van der Waals surface area (Å²) in [5.74, 6) is -0.147. The van der Waals surface area contributed by atoms with Crippen LogP contribution in [0.5, 0.6) is 11.5 Å². The summed E-state index contributed by atoms with van der Waals surface area (Å²) in [4.78, 5) is 28.3. The highest BCUT2D eigenvalue weighted by molar-refractivity contribution is 5.85. The highest BCUT2D eigenvalue weighted by atomic mass is 16.6. The minimum Gasteiger partial charge on any atom is -0.493 e. The maximum absolute atomic E-state index is 12.2. The second kappa shape index (κ2) is 13.0. The molecule has 8 heteroatoms. The normalized spacial score (nSPS) is 11.7. The van der Waals surface area contributed by atoms with E-state index < -0.39 is 18.0 Å². The van der Waals surface area contributed by atoms with E-state index in [1.54, 1.807) is 62.8 Å². The summed E-state index contributed by atoms with van der Waals surface area (Å²) >= 11 is 0. The number of carbonyl (C=O) groups is 2. The first kappa shape index (κ1) is 23.9. The molecule has 0 spiro atoms. The summed E-state index contributed by atoms with van der Waals surface area (Å²) in [5.41, 5.74) is 1.25. The third-order valence-corrected chi connectivity index (χ3v) is 4.17. The van der Waals surface area contributed by atoms with Crippen LogP contribution in [0.4, 0.5) is 0 Å². The van der Waals surface area contributed by atoms with Gasteiger partial charge >= 0.3 is 11.9 Å². The van der Waals surface area contributed by atoms with Gasteiger partial charge in [0, 0.05) is 31.9 Å². The van der Waals surface area contributed by atoms with Gasteiger partial charge in [-0.15, -0.1) is 0 Å². The molecule has 2 aromatic carbocycles. The minimum absolute atomic E-state index is 0.254. The van der Waals surface area contributed by atoms with Gasteiger partial charge < -0.3 is 23.7 Å². The van der Waals surface area contributed by atoms with E-state index in [2.05, 4.69) is 4.99 Å². The molecule has 31 heavy (non-hydrogen) atoms. The van der Waals surface area contributed by atoms with E-state index in [0.29, 0.717) is 30.3 Å². The number of esters is 2. The van der Waals surface area contributed by atoms with Crippen molar-refractivity contribution >= 4 is 18.2 Å². The number of benzene rings is 2. The third kappa shape index (κ3) is 7.75. The zero-order chi connectivity index (χ0) is 22.5. The van der Waals surface area contributed by atoms with Crippen molar-refractivity contribution in [3.05, 3.63) is 59.7 Å². The van der Waals surface area contributed by atoms with Crippen LogP contribution in [0.15, 0.2) is 53.5 Å². The molecule has 0 aliphatic heterocycles. The molecule has 0 unspecified atom stereocenters. The molecule has 166 valence electrons. The maximum atomic E-state index is 12.2. The average molecular weight is 429 g/mol. The summed E-state index contributed by atoms with van der Waals surface area (Å²) in [6, 6.07) is 14.0. The largest absolute Gasteiger partial charge is 0.493 e. The van der Waals surface area contributed by atoms with Crippen molar-refractivity contribution in [3.63, 3.8) is 0 Å². The van der Waals surface area contributed by atoms with Crippen LogP contribution in [-0.2, 0) is 23.8 Å². The van der Waals surface area contributed by atoms with Gasteiger partial charge in [-0.05, 0) is 23.8 Å². The summed E-state index contributed by atoms with van der Waals surface area (Å²) in [6.07, 6.45) is 1.13. The Balaban J connectivity index is 1.98. The fourth-order valence-corrected chi connectivity index (χ4v) is 2.65. The fourth-order valence-electron chi connectivity index (χ4n) is 2.65. The van der Waals surface area contributed by atoms with Gasteiger partial charge in [0.1, 0.15) is 6.54 Å². The number of nitrogens with zero attached hydrogens (tertiary/aromatic N) is 1. The number of hydrogen-bond donors (Lipinski definition) is 0. The Morgan fingerprint density at radius 3 is 2.45 bits per heavy atom. The molecule has 1 atom stereocenters. The number of hydrogen-bond acceptors (Lipinski definition) is 8. The van der Waals surface area contributed by atoms with Gasteiger partial charge in [0.25, 0.3) is 0 Å². The third-order valence-electron chi connectivity index (χ3n) is 4.17. The van der Waals surface area contributed by atoms with Crippen LogP contribution in [0.1, 0.15) is 23.7 Å². The Hall–Kier alpha value is -3.39. The van der Waals surface area contributed by atoms with Crippen molar-refractivity contribution < 1.29 is 33.3 Å². The van der Waals surface area contributed by atoms with Crippen LogP contribution in [0, 0.1) is 0 Å². The lowest BCUT2D eigenvalue weighted by Gasteiger charge is -2.15. The standard InChI is InChI=1S/C23H27NO7/c1-27-12-7-13-30-20-14-17(10-11-19(20)28-2)15-24-16-21(25)31-22(23(26)29-3)18-8-5-4-6-9-18/h4-6,8-11,14-15,22H,7,12-13,16H2,1-3H3/t22-/m0/s1. The van der Waals surface area contributed by atoms with Gasteiger partial charge in [0.05, 0.1) is 20.8 Å². The number of rotatable bonds is 12. The Labute approximate surface area is 181 Å². The molecule has 0 N–H and O–H groups in total. The fraction of sp³-hybridized carbons (Fsp3) is 0.348. The van der Waals surface area contributed by atoms with E-state index in [0.717, 1.165) is 12.0 Å². The van der Waals surface area contributed by atoms with Gasteiger partial charge in [-0.1, -0.05) is 30.3 Å². The second-order valence-corrected chi connectivity index (χ2v) is 6.38. The van der Waals surface area contributed by atoms with Crippen LogP contribution >= 0.6 is 0 Å². The molecule has 0 bridgehead atoms. The summed E-state index contributed by atoms with van der Waals surface area (Å²) in [5, 5.41) is 0. The molecule has 0 saturated heterocycles. The molecule has 2 rings (SSSR count). The molecule has 0 aromatic heterocycles. The Kier molecular flexibility index (Phi) is 10.0. The predicted molar refractivity (Wildman–Crippen MR) is 115 cm³/mol. The summed E-state index contributed by atoms with van der Waals surface area (Å²) < 4.78 is 26.1. The SMILES string of the molecule is COCCCOc1cc(C=NCC(=O)O[C@H](C(=O)OC)c2ccccc2)ccc1OC. The zero-order valence-corrected chi connectivity index (χ0v) is 17.9. The average Bonchev–Trinajstić information content (AvgIpc) is 2.80. The molecule has 0 amide bonds. The highest BCUT2D eigenvalue weighted by Gasteiger charge is 2.25. The van der Waals surface area contributed by atoms with E-state index in [9.17, 15) is 9.59 Å². The van der Waals surface area contributed by atoms with Gasteiger partial charge in [-0.25, -0.2) is 4.79 Å². The predicted octanol–water partition coefficient (Wildman–Crippen LogP) is 2.99. The van der Waals surface area contributed by atoms with Crippen LogP contribution in [0.2, 0.25) is 0 Å². The lowest BCUT2D eigenvalue weighted by atomic mass is 10.1. The van der Waals surface area contributed by atoms with Gasteiger partial charge in [0.15, 0.2) is 11.5 Å². The molecule has 0 fully saturated rings.